The molecule has 5 rings (SSSR count). The van der Waals surface area contributed by atoms with E-state index in [2.05, 4.69) is 15.5 Å². The Balaban J connectivity index is 1.24. The highest BCUT2D eigenvalue weighted by Crippen LogP contribution is 2.24. The van der Waals surface area contributed by atoms with Crippen molar-refractivity contribution in [3.8, 4) is 11.5 Å². The van der Waals surface area contributed by atoms with Crippen LogP contribution in [0.25, 0.3) is 0 Å². The molecule has 1 aliphatic rings. The normalized spacial score (nSPS) is 12.6. The van der Waals surface area contributed by atoms with E-state index in [0.29, 0.717) is 12.2 Å². The van der Waals surface area contributed by atoms with Gasteiger partial charge in [-0.25, -0.2) is 5.10 Å². The Kier molecular flexibility index (Phi) is 6.70. The van der Waals surface area contributed by atoms with Crippen LogP contribution in [0.5, 0.6) is 11.5 Å². The number of nitrogens with zero attached hydrogens (tertiary/aromatic N) is 1. The summed E-state index contributed by atoms with van der Waals surface area (Å²) in [5, 5.41) is 9.99. The van der Waals surface area contributed by atoms with Gasteiger partial charge in [0, 0.05) is 17.7 Å². The first-order chi connectivity index (χ1) is 17.1. The fourth-order valence-electron chi connectivity index (χ4n) is 4.56. The molecule has 0 bridgehead atoms. The van der Waals surface area contributed by atoms with Crippen molar-refractivity contribution in [3.05, 3.63) is 117 Å². The van der Waals surface area contributed by atoms with Crippen molar-refractivity contribution in [2.24, 2.45) is 0 Å². The highest BCUT2D eigenvalue weighted by Gasteiger charge is 2.18. The van der Waals surface area contributed by atoms with Gasteiger partial charge in [0.1, 0.15) is 11.5 Å². The molecule has 0 spiro atoms. The van der Waals surface area contributed by atoms with E-state index in [4.69, 9.17) is 4.74 Å². The average molecular weight is 466 g/mol. The number of amides is 1. The number of aromatic nitrogens is 2. The Labute approximate surface area is 204 Å². The van der Waals surface area contributed by atoms with Crippen LogP contribution in [0.2, 0.25) is 0 Å². The van der Waals surface area contributed by atoms with Gasteiger partial charge in [-0.3, -0.25) is 9.59 Å². The molecule has 0 aliphatic heterocycles. The number of nitrogens with one attached hydrogen (secondary N) is 2. The van der Waals surface area contributed by atoms with Crippen molar-refractivity contribution in [2.45, 2.75) is 38.5 Å². The molecular weight excluding hydrogens is 438 g/mol. The second kappa shape index (κ2) is 10.4. The zero-order valence-corrected chi connectivity index (χ0v) is 19.4. The number of H-pyrrole nitrogens is 1. The fourth-order valence-corrected chi connectivity index (χ4v) is 4.56. The number of hydrogen-bond donors (Lipinski definition) is 2. The molecule has 4 aromatic rings. The van der Waals surface area contributed by atoms with Crippen LogP contribution in [0.1, 0.15) is 40.8 Å². The Morgan fingerprint density at radius 3 is 2.46 bits per heavy atom. The summed E-state index contributed by atoms with van der Waals surface area (Å²) >= 11 is 0. The molecular formula is C29H27N3O3. The molecule has 176 valence electrons. The van der Waals surface area contributed by atoms with Crippen LogP contribution in [0, 0.1) is 0 Å². The third kappa shape index (κ3) is 5.66. The second-order valence-corrected chi connectivity index (χ2v) is 8.83. The topological polar surface area (TPSA) is 84.1 Å². The number of carbonyl (C=O) groups excluding carboxylic acids is 1. The van der Waals surface area contributed by atoms with Gasteiger partial charge < -0.3 is 10.1 Å². The minimum Gasteiger partial charge on any atom is -0.457 e. The largest absolute Gasteiger partial charge is 0.457 e. The first-order valence-corrected chi connectivity index (χ1v) is 11.9. The molecule has 0 atom stereocenters. The maximum absolute atomic E-state index is 12.7. The molecule has 1 aliphatic carbocycles. The quantitative estimate of drug-likeness (QED) is 0.392. The maximum atomic E-state index is 12.7. The highest BCUT2D eigenvalue weighted by atomic mass is 16.5. The van der Waals surface area contributed by atoms with Crippen LogP contribution < -0.4 is 15.6 Å². The first kappa shape index (κ1) is 22.6. The summed E-state index contributed by atoms with van der Waals surface area (Å²) in [6.45, 7) is 0. The van der Waals surface area contributed by atoms with E-state index in [9.17, 15) is 9.59 Å². The number of rotatable bonds is 7. The molecule has 3 aromatic carbocycles. The van der Waals surface area contributed by atoms with Crippen molar-refractivity contribution < 1.29 is 9.53 Å². The maximum Gasteiger partial charge on any atom is 0.267 e. The number of anilines is 1. The van der Waals surface area contributed by atoms with E-state index < -0.39 is 0 Å². The fraction of sp³-hybridized carbons (Fsp3) is 0.207. The summed E-state index contributed by atoms with van der Waals surface area (Å²) in [4.78, 5) is 24.9. The van der Waals surface area contributed by atoms with Crippen LogP contribution in [-0.4, -0.2) is 16.1 Å². The Hall–Kier alpha value is -4.19. The van der Waals surface area contributed by atoms with E-state index in [1.165, 1.54) is 0 Å². The highest BCUT2D eigenvalue weighted by molar-refractivity contribution is 5.92. The lowest BCUT2D eigenvalue weighted by Gasteiger charge is -2.17. The molecule has 6 nitrogen and oxygen atoms in total. The number of ether oxygens (including phenoxy) is 1. The van der Waals surface area contributed by atoms with E-state index in [-0.39, 0.29) is 17.9 Å². The summed E-state index contributed by atoms with van der Waals surface area (Å²) in [6, 6.07) is 24.9. The summed E-state index contributed by atoms with van der Waals surface area (Å²) in [5.74, 6) is 1.35. The van der Waals surface area contributed by atoms with Gasteiger partial charge in [0.2, 0.25) is 5.91 Å². The van der Waals surface area contributed by atoms with Crippen molar-refractivity contribution in [1.29, 1.82) is 0 Å². The molecule has 1 aromatic heterocycles. The van der Waals surface area contributed by atoms with Crippen molar-refractivity contribution >= 4 is 11.6 Å². The van der Waals surface area contributed by atoms with Gasteiger partial charge in [-0.1, -0.05) is 42.5 Å². The van der Waals surface area contributed by atoms with Crippen LogP contribution >= 0.6 is 0 Å². The molecule has 0 saturated carbocycles. The monoisotopic (exact) mass is 465 g/mol. The van der Waals surface area contributed by atoms with Crippen molar-refractivity contribution in [1.82, 2.24) is 10.2 Å². The third-order valence-corrected chi connectivity index (χ3v) is 6.21. The minimum atomic E-state index is -0.0986. The van der Waals surface area contributed by atoms with E-state index in [1.54, 1.807) is 0 Å². The lowest BCUT2D eigenvalue weighted by molar-refractivity contribution is -0.115. The summed E-state index contributed by atoms with van der Waals surface area (Å²) in [7, 11) is 0. The second-order valence-electron chi connectivity index (χ2n) is 8.83. The molecule has 0 fully saturated rings. The van der Waals surface area contributed by atoms with E-state index in [1.807, 2.05) is 78.9 Å². The Morgan fingerprint density at radius 1 is 0.857 bits per heavy atom. The molecule has 6 heteroatoms. The van der Waals surface area contributed by atoms with Crippen LogP contribution in [0.15, 0.2) is 83.7 Å². The number of aromatic amines is 1. The Morgan fingerprint density at radius 2 is 1.60 bits per heavy atom. The van der Waals surface area contributed by atoms with Gasteiger partial charge in [-0.05, 0) is 78.8 Å². The van der Waals surface area contributed by atoms with Gasteiger partial charge >= 0.3 is 0 Å². The third-order valence-electron chi connectivity index (χ3n) is 6.21. The van der Waals surface area contributed by atoms with Crippen LogP contribution in [0.3, 0.4) is 0 Å². The smallest absolute Gasteiger partial charge is 0.267 e. The van der Waals surface area contributed by atoms with Gasteiger partial charge in [0.25, 0.3) is 5.56 Å². The van der Waals surface area contributed by atoms with Crippen LogP contribution in [0.4, 0.5) is 5.69 Å². The van der Waals surface area contributed by atoms with Crippen molar-refractivity contribution in [3.63, 3.8) is 0 Å². The minimum absolute atomic E-state index is 0.0669. The Bertz CT molecular complexity index is 1400. The van der Waals surface area contributed by atoms with Gasteiger partial charge in [-0.15, -0.1) is 0 Å². The number of hydrogen-bond acceptors (Lipinski definition) is 4. The van der Waals surface area contributed by atoms with Crippen molar-refractivity contribution in [2.75, 3.05) is 5.32 Å². The molecule has 35 heavy (non-hydrogen) atoms. The average Bonchev–Trinajstić information content (AvgIpc) is 2.87. The van der Waals surface area contributed by atoms with Gasteiger partial charge in [0.15, 0.2) is 0 Å². The zero-order valence-electron chi connectivity index (χ0n) is 19.4. The molecule has 0 radical (unpaired) electrons. The number of para-hydroxylation sites is 1. The number of fused-ring (bicyclic) bond motifs is 1. The molecule has 0 unspecified atom stereocenters. The lowest BCUT2D eigenvalue weighted by Crippen LogP contribution is -2.23. The van der Waals surface area contributed by atoms with Gasteiger partial charge in [0.05, 0.1) is 12.1 Å². The first-order valence-electron chi connectivity index (χ1n) is 11.9. The zero-order chi connectivity index (χ0) is 24.0. The molecule has 0 saturated heterocycles. The molecule has 1 heterocycles. The van der Waals surface area contributed by atoms with E-state index >= 15 is 0 Å². The number of carbonyl (C=O) groups is 1. The van der Waals surface area contributed by atoms with Crippen LogP contribution in [-0.2, 0) is 30.5 Å². The number of benzene rings is 3. The molecule has 1 amide bonds. The predicted molar refractivity (Wildman–Crippen MR) is 136 cm³/mol. The SMILES string of the molecule is O=C(Cc1cccc(Oc2ccccc2)c1)Nc1cccc(Cc2n[nH]c(=O)c3c2CCCC3)c1. The molecule has 2 N–H and O–H groups in total. The summed E-state index contributed by atoms with van der Waals surface area (Å²) in [5.41, 5.74) is 5.46. The van der Waals surface area contributed by atoms with Gasteiger partial charge in [-0.2, -0.15) is 5.10 Å². The summed E-state index contributed by atoms with van der Waals surface area (Å²) in [6.07, 6.45) is 4.69. The van der Waals surface area contributed by atoms with E-state index in [0.717, 1.165) is 65.1 Å². The summed E-state index contributed by atoms with van der Waals surface area (Å²) < 4.78 is 5.88. The lowest BCUT2D eigenvalue weighted by atomic mass is 9.90. The standard InChI is InChI=1S/C29H27N3O3/c33-28(19-21-9-7-13-24(17-21)35-23-11-2-1-3-12-23)30-22-10-6-8-20(16-22)18-27-25-14-4-5-15-26(25)29(34)32-31-27/h1-3,6-13,16-17H,4-5,14-15,18-19H2,(H,30,33)(H,32,34). The predicted octanol–water partition coefficient (Wildman–Crippen LogP) is 5.21.